The molecule has 0 aromatic rings. The first kappa shape index (κ1) is 21.5. The van der Waals surface area contributed by atoms with E-state index in [1.165, 1.54) is 89.9 Å². The van der Waals surface area contributed by atoms with E-state index in [4.69, 9.17) is 0 Å². The molecule has 1 radical (unpaired) electrons. The van der Waals surface area contributed by atoms with Gasteiger partial charge in [-0.1, -0.05) is 96.8 Å². The van der Waals surface area contributed by atoms with Crippen LogP contribution in [0.3, 0.4) is 0 Å². The first-order chi connectivity index (χ1) is 10.8. The fourth-order valence-electron chi connectivity index (χ4n) is 2.90. The van der Waals surface area contributed by atoms with E-state index in [2.05, 4.69) is 12.2 Å². The van der Waals surface area contributed by atoms with Gasteiger partial charge in [-0.15, -0.1) is 0 Å². The molecule has 0 fully saturated rings. The van der Waals surface area contributed by atoms with Gasteiger partial charge in [0.15, 0.2) is 0 Å². The number of carbonyl (C=O) groups excluding carboxylic acids is 1. The fraction of sp³-hybridized carbons (Fsp3) is 0.950. The minimum atomic E-state index is 0.0946. The molecule has 0 aromatic carbocycles. The maximum Gasteiger partial charge on any atom is 0.241 e. The van der Waals surface area contributed by atoms with E-state index in [0.29, 0.717) is 13.0 Å². The van der Waals surface area contributed by atoms with Crippen molar-refractivity contribution in [1.29, 1.82) is 0 Å². The van der Waals surface area contributed by atoms with Crippen molar-refractivity contribution in [3.63, 3.8) is 0 Å². The molecule has 0 aromatic heterocycles. The third-order valence-electron chi connectivity index (χ3n) is 4.33. The van der Waals surface area contributed by atoms with Crippen LogP contribution in [0.1, 0.15) is 117 Å². The van der Waals surface area contributed by atoms with Crippen molar-refractivity contribution in [2.24, 2.45) is 0 Å². The Bertz CT molecular complexity index is 228. The van der Waals surface area contributed by atoms with Crippen LogP contribution in [0.5, 0.6) is 0 Å². The summed E-state index contributed by atoms with van der Waals surface area (Å²) in [6.07, 6.45) is 21.1. The van der Waals surface area contributed by atoms with Crippen LogP contribution in [0.2, 0.25) is 0 Å². The van der Waals surface area contributed by atoms with Crippen LogP contribution in [0.15, 0.2) is 0 Å². The van der Waals surface area contributed by atoms with Gasteiger partial charge in [0.2, 0.25) is 5.91 Å². The number of carbonyl (C=O) groups is 1. The molecule has 0 heterocycles. The van der Waals surface area contributed by atoms with E-state index in [1.807, 2.05) is 6.92 Å². The summed E-state index contributed by atoms with van der Waals surface area (Å²) < 4.78 is 0. The van der Waals surface area contributed by atoms with E-state index in [1.54, 1.807) is 0 Å². The topological polar surface area (TPSA) is 31.2 Å². The van der Waals surface area contributed by atoms with Gasteiger partial charge in [-0.3, -0.25) is 10.1 Å². The van der Waals surface area contributed by atoms with Crippen LogP contribution in [-0.2, 0) is 4.79 Å². The Balaban J connectivity index is 3.01. The summed E-state index contributed by atoms with van der Waals surface area (Å²) in [6, 6.07) is 0. The Morgan fingerprint density at radius 2 is 0.955 bits per heavy atom. The zero-order chi connectivity index (χ0) is 16.3. The van der Waals surface area contributed by atoms with Gasteiger partial charge in [0.25, 0.3) is 0 Å². The molecule has 1 amide bonds. The first-order valence-corrected chi connectivity index (χ1v) is 10.0. The van der Waals surface area contributed by atoms with Gasteiger partial charge < -0.3 is 0 Å². The molecule has 0 spiro atoms. The molecule has 22 heavy (non-hydrogen) atoms. The molecule has 2 nitrogen and oxygen atoms in total. The highest BCUT2D eigenvalue weighted by Gasteiger charge is 2.00. The highest BCUT2D eigenvalue weighted by atomic mass is 16.1. The Morgan fingerprint density at radius 1 is 0.591 bits per heavy atom. The molecule has 0 aliphatic rings. The van der Waals surface area contributed by atoms with Gasteiger partial charge in [-0.2, -0.15) is 0 Å². The molecular weight excluding hydrogens is 270 g/mol. The van der Waals surface area contributed by atoms with Gasteiger partial charge in [0.05, 0.1) is 0 Å². The van der Waals surface area contributed by atoms with Gasteiger partial charge in [-0.25, -0.2) is 0 Å². The minimum absolute atomic E-state index is 0.0946. The number of nitrogens with zero attached hydrogens (tertiary/aromatic N) is 1. The maximum absolute atomic E-state index is 11.2. The van der Waals surface area contributed by atoms with Crippen LogP contribution in [0.4, 0.5) is 0 Å². The summed E-state index contributed by atoms with van der Waals surface area (Å²) in [4.78, 5) is 11.2. The number of hydrogen-bond donors (Lipinski definition) is 0. The van der Waals surface area contributed by atoms with Gasteiger partial charge in [0, 0.05) is 13.0 Å². The van der Waals surface area contributed by atoms with E-state index in [9.17, 15) is 4.79 Å². The Labute approximate surface area is 139 Å². The van der Waals surface area contributed by atoms with Crippen LogP contribution in [0.25, 0.3) is 0 Å². The molecule has 0 rings (SSSR count). The standard InChI is InChI=1S/C20H40NO/c1-3-5-6-7-8-9-10-11-12-13-14-15-16-17-18-19-20(22)21-4-2/h3-19H2,1-2H3. The van der Waals surface area contributed by atoms with E-state index < -0.39 is 0 Å². The Morgan fingerprint density at radius 3 is 1.32 bits per heavy atom. The third-order valence-corrected chi connectivity index (χ3v) is 4.33. The summed E-state index contributed by atoms with van der Waals surface area (Å²) in [5.74, 6) is 0.0946. The van der Waals surface area contributed by atoms with Crippen LogP contribution in [0, 0.1) is 0 Å². The highest BCUT2D eigenvalue weighted by Crippen LogP contribution is 2.13. The predicted octanol–water partition coefficient (Wildman–Crippen LogP) is 6.40. The summed E-state index contributed by atoms with van der Waals surface area (Å²) in [6.45, 7) is 4.84. The maximum atomic E-state index is 11.2. The summed E-state index contributed by atoms with van der Waals surface area (Å²) in [5.41, 5.74) is 0. The van der Waals surface area contributed by atoms with Crippen molar-refractivity contribution >= 4 is 5.91 Å². The second-order valence-corrected chi connectivity index (χ2v) is 6.57. The van der Waals surface area contributed by atoms with Crippen molar-refractivity contribution in [3.8, 4) is 0 Å². The van der Waals surface area contributed by atoms with Crippen LogP contribution < -0.4 is 5.32 Å². The molecule has 0 unspecified atom stereocenters. The number of unbranched alkanes of at least 4 members (excludes halogenated alkanes) is 14. The first-order valence-electron chi connectivity index (χ1n) is 10.0. The van der Waals surface area contributed by atoms with Gasteiger partial charge in [-0.05, 0) is 13.3 Å². The molecule has 131 valence electrons. The fourth-order valence-corrected chi connectivity index (χ4v) is 2.90. The normalized spacial score (nSPS) is 10.8. The summed E-state index contributed by atoms with van der Waals surface area (Å²) in [5, 5.41) is 3.89. The smallest absolute Gasteiger partial charge is 0.241 e. The van der Waals surface area contributed by atoms with Gasteiger partial charge in [0.1, 0.15) is 0 Å². The molecule has 2 heteroatoms. The van der Waals surface area contributed by atoms with Crippen molar-refractivity contribution in [3.05, 3.63) is 0 Å². The monoisotopic (exact) mass is 310 g/mol. The lowest BCUT2D eigenvalue weighted by molar-refractivity contribution is -0.121. The summed E-state index contributed by atoms with van der Waals surface area (Å²) >= 11 is 0. The average molecular weight is 311 g/mol. The lowest BCUT2D eigenvalue weighted by Crippen LogP contribution is -2.14. The molecular formula is C20H40NO. The number of rotatable bonds is 17. The minimum Gasteiger partial charge on any atom is -0.273 e. The molecule has 0 bridgehead atoms. The highest BCUT2D eigenvalue weighted by molar-refractivity contribution is 5.75. The van der Waals surface area contributed by atoms with Crippen LogP contribution in [-0.4, -0.2) is 12.5 Å². The third kappa shape index (κ3) is 17.5. The van der Waals surface area contributed by atoms with E-state index in [-0.39, 0.29) is 5.91 Å². The van der Waals surface area contributed by atoms with Crippen molar-refractivity contribution in [1.82, 2.24) is 5.32 Å². The van der Waals surface area contributed by atoms with Crippen molar-refractivity contribution in [2.45, 2.75) is 117 Å². The quantitative estimate of drug-likeness (QED) is 0.286. The van der Waals surface area contributed by atoms with E-state index in [0.717, 1.165) is 6.42 Å². The second-order valence-electron chi connectivity index (χ2n) is 6.57. The SMILES string of the molecule is CCCCCCCCCCCCCCCCCC(=O)[N]CC. The largest absolute Gasteiger partial charge is 0.273 e. The number of amides is 1. The second kappa shape index (κ2) is 18.5. The average Bonchev–Trinajstić information content (AvgIpc) is 2.51. The number of hydrogen-bond acceptors (Lipinski definition) is 1. The molecule has 0 aliphatic heterocycles. The molecule has 0 aliphatic carbocycles. The molecule has 0 saturated heterocycles. The lowest BCUT2D eigenvalue weighted by Gasteiger charge is -2.03. The Hall–Kier alpha value is -0.530. The zero-order valence-corrected chi connectivity index (χ0v) is 15.4. The van der Waals surface area contributed by atoms with Gasteiger partial charge >= 0.3 is 0 Å². The molecule has 0 N–H and O–H groups in total. The lowest BCUT2D eigenvalue weighted by atomic mass is 10.0. The summed E-state index contributed by atoms with van der Waals surface area (Å²) in [7, 11) is 0. The van der Waals surface area contributed by atoms with Crippen molar-refractivity contribution < 1.29 is 4.79 Å². The van der Waals surface area contributed by atoms with Crippen molar-refractivity contribution in [2.75, 3.05) is 6.54 Å². The predicted molar refractivity (Wildman–Crippen MR) is 97.2 cm³/mol. The van der Waals surface area contributed by atoms with Crippen LogP contribution >= 0.6 is 0 Å². The molecule has 0 atom stereocenters. The Kier molecular flexibility index (Phi) is 18.1. The molecule has 0 saturated carbocycles. The zero-order valence-electron chi connectivity index (χ0n) is 15.4. The van der Waals surface area contributed by atoms with E-state index >= 15 is 0 Å².